The lowest BCUT2D eigenvalue weighted by Gasteiger charge is -2.43. The molecule has 0 radical (unpaired) electrons. The number of piperidine rings is 1. The van der Waals surface area contributed by atoms with Gasteiger partial charge in [0.1, 0.15) is 5.82 Å². The molecule has 2 N–H and O–H groups in total. The summed E-state index contributed by atoms with van der Waals surface area (Å²) in [6, 6.07) is 8.04. The number of nitrogens with zero attached hydrogens (tertiary/aromatic N) is 4. The molecule has 1 saturated carbocycles. The molecule has 190 valence electrons. The van der Waals surface area contributed by atoms with Gasteiger partial charge in [-0.05, 0) is 80.4 Å². The zero-order valence-electron chi connectivity index (χ0n) is 20.7. The number of ether oxygens (including phenoxy) is 1. The van der Waals surface area contributed by atoms with E-state index in [-0.39, 0.29) is 23.3 Å². The lowest BCUT2D eigenvalue weighted by Crippen LogP contribution is -2.56. The Labute approximate surface area is 215 Å². The van der Waals surface area contributed by atoms with Crippen molar-refractivity contribution in [3.05, 3.63) is 52.9 Å². The number of benzene rings is 1. The van der Waals surface area contributed by atoms with Gasteiger partial charge in [0.25, 0.3) is 0 Å². The van der Waals surface area contributed by atoms with Gasteiger partial charge in [0.05, 0.1) is 30.6 Å². The monoisotopic (exact) mass is 509 g/mol. The number of hydrogen-bond donors (Lipinski definition) is 2. The molecule has 2 aliphatic heterocycles. The lowest BCUT2D eigenvalue weighted by atomic mass is 9.85. The molecule has 0 bridgehead atoms. The number of aryl methyl sites for hydroxylation is 1. The van der Waals surface area contributed by atoms with Gasteiger partial charge < -0.3 is 15.2 Å². The Morgan fingerprint density at radius 1 is 1.25 bits per heavy atom. The highest BCUT2D eigenvalue weighted by atomic mass is 35.5. The Hall–Kier alpha value is -2.52. The van der Waals surface area contributed by atoms with Crippen molar-refractivity contribution in [2.24, 2.45) is 13.0 Å². The number of carbonyl (C=O) groups is 1. The number of aliphatic hydroxyl groups is 1. The highest BCUT2D eigenvalue weighted by molar-refractivity contribution is 6.32. The smallest absolute Gasteiger partial charge is 0.229 e. The number of amides is 1. The van der Waals surface area contributed by atoms with Crippen molar-refractivity contribution >= 4 is 34.1 Å². The predicted octanol–water partition coefficient (Wildman–Crippen LogP) is 3.69. The van der Waals surface area contributed by atoms with E-state index in [9.17, 15) is 9.90 Å². The number of anilines is 1. The number of hydrogen-bond acceptors (Lipinski definition) is 6. The number of likely N-dealkylation sites (tertiary alicyclic amines) is 1. The van der Waals surface area contributed by atoms with E-state index >= 15 is 0 Å². The number of pyridine rings is 1. The van der Waals surface area contributed by atoms with E-state index in [0.717, 1.165) is 59.4 Å². The molecular weight excluding hydrogens is 478 g/mol. The number of rotatable bonds is 5. The largest absolute Gasteiger partial charge is 0.389 e. The molecule has 1 aromatic carbocycles. The quantitative estimate of drug-likeness (QED) is 0.545. The Bertz CT molecular complexity index is 1300. The summed E-state index contributed by atoms with van der Waals surface area (Å²) >= 11 is 6.72. The van der Waals surface area contributed by atoms with Crippen LogP contribution in [0.4, 0.5) is 5.82 Å². The highest BCUT2D eigenvalue weighted by Crippen LogP contribution is 2.47. The fourth-order valence-electron chi connectivity index (χ4n) is 5.88. The molecule has 4 atom stereocenters. The molecule has 0 spiro atoms. The van der Waals surface area contributed by atoms with Gasteiger partial charge in [-0.3, -0.25) is 14.4 Å². The summed E-state index contributed by atoms with van der Waals surface area (Å²) in [6.45, 7) is 4.86. The summed E-state index contributed by atoms with van der Waals surface area (Å²) in [7, 11) is 1.89. The molecular formula is C27H32ClN5O3. The van der Waals surface area contributed by atoms with E-state index in [4.69, 9.17) is 16.3 Å². The van der Waals surface area contributed by atoms with E-state index in [1.165, 1.54) is 0 Å². The van der Waals surface area contributed by atoms with Crippen LogP contribution in [0, 0.1) is 5.92 Å². The summed E-state index contributed by atoms with van der Waals surface area (Å²) in [5.74, 6) is 1.02. The lowest BCUT2D eigenvalue weighted by molar-refractivity contribution is -0.117. The van der Waals surface area contributed by atoms with Crippen LogP contribution in [-0.4, -0.2) is 68.6 Å². The summed E-state index contributed by atoms with van der Waals surface area (Å²) in [5, 5.41) is 20.6. The maximum atomic E-state index is 12.8. The standard InChI is InChI=1S/C27H32ClN5O3/c1-27(15-36-14-24(27)34)33-7-3-16(4-8-33)19-9-17-11-25(29-13-18(17)10-22(19)28)30-26(35)21-12-20(21)23-5-6-32(2)31-23/h5-6,9-11,13,16,20-21,24,34H,3-4,7-8,12,14-15H2,1-2H3,(H,29,30,35)/t20?,21?,24-,27+/m1/s1. The molecule has 4 heterocycles. The van der Waals surface area contributed by atoms with Crippen LogP contribution in [0.2, 0.25) is 5.02 Å². The van der Waals surface area contributed by atoms with E-state index in [1.807, 2.05) is 31.4 Å². The SMILES string of the molecule is Cn1ccc(C2CC2C(=O)Nc2cc3cc(C4CCN([C@@]5(C)COC[C@H]5O)CC4)c(Cl)cc3cn2)n1. The average molecular weight is 510 g/mol. The van der Waals surface area contributed by atoms with Crippen LogP contribution in [0.1, 0.15) is 49.3 Å². The van der Waals surface area contributed by atoms with Crippen LogP contribution >= 0.6 is 11.6 Å². The molecule has 9 heteroatoms. The minimum absolute atomic E-state index is 0.00867. The van der Waals surface area contributed by atoms with Gasteiger partial charge in [0.2, 0.25) is 5.91 Å². The zero-order chi connectivity index (χ0) is 25.0. The number of carbonyl (C=O) groups excluding carboxylic acids is 1. The Balaban J connectivity index is 1.15. The average Bonchev–Trinajstić information content (AvgIpc) is 3.44. The first kappa shape index (κ1) is 23.9. The van der Waals surface area contributed by atoms with Crippen molar-refractivity contribution in [3.63, 3.8) is 0 Å². The van der Waals surface area contributed by atoms with Crippen molar-refractivity contribution < 1.29 is 14.6 Å². The second-order valence-electron chi connectivity index (χ2n) is 10.8. The van der Waals surface area contributed by atoms with Crippen LogP contribution in [0.25, 0.3) is 10.8 Å². The summed E-state index contributed by atoms with van der Waals surface area (Å²) in [5.41, 5.74) is 1.80. The predicted molar refractivity (Wildman–Crippen MR) is 138 cm³/mol. The van der Waals surface area contributed by atoms with Crippen molar-refractivity contribution in [1.29, 1.82) is 0 Å². The van der Waals surface area contributed by atoms with Crippen molar-refractivity contribution in [2.75, 3.05) is 31.6 Å². The van der Waals surface area contributed by atoms with Crippen LogP contribution in [-0.2, 0) is 16.6 Å². The van der Waals surface area contributed by atoms with Gasteiger partial charge in [-0.1, -0.05) is 11.6 Å². The van der Waals surface area contributed by atoms with Gasteiger partial charge >= 0.3 is 0 Å². The van der Waals surface area contributed by atoms with E-state index in [0.29, 0.717) is 24.9 Å². The summed E-state index contributed by atoms with van der Waals surface area (Å²) < 4.78 is 7.31. The normalized spacial score (nSPS) is 29.1. The van der Waals surface area contributed by atoms with Crippen LogP contribution in [0.3, 0.4) is 0 Å². The first-order valence-corrected chi connectivity index (χ1v) is 13.1. The third kappa shape index (κ3) is 4.30. The molecule has 3 aliphatic rings. The van der Waals surface area contributed by atoms with E-state index in [1.54, 1.807) is 10.9 Å². The minimum atomic E-state index is -0.450. The molecule has 8 nitrogen and oxygen atoms in total. The Morgan fingerprint density at radius 2 is 2.06 bits per heavy atom. The fraction of sp³-hybridized carbons (Fsp3) is 0.519. The third-order valence-electron chi connectivity index (χ3n) is 8.37. The Kier molecular flexibility index (Phi) is 6.03. The van der Waals surface area contributed by atoms with Crippen LogP contribution in [0.5, 0.6) is 0 Å². The maximum Gasteiger partial charge on any atom is 0.229 e. The number of nitrogens with one attached hydrogen (secondary N) is 1. The minimum Gasteiger partial charge on any atom is -0.389 e. The Morgan fingerprint density at radius 3 is 2.75 bits per heavy atom. The summed E-state index contributed by atoms with van der Waals surface area (Å²) in [6.07, 6.45) is 5.99. The van der Waals surface area contributed by atoms with Gasteiger partial charge in [0, 0.05) is 41.7 Å². The number of halogens is 1. The van der Waals surface area contributed by atoms with Gasteiger partial charge in [-0.25, -0.2) is 4.98 Å². The van der Waals surface area contributed by atoms with E-state index < -0.39 is 6.10 Å². The van der Waals surface area contributed by atoms with Crippen LogP contribution in [0.15, 0.2) is 36.7 Å². The molecule has 6 rings (SSSR count). The first-order valence-electron chi connectivity index (χ1n) is 12.7. The second kappa shape index (κ2) is 9.10. The highest BCUT2D eigenvalue weighted by Gasteiger charge is 2.46. The van der Waals surface area contributed by atoms with Crippen molar-refractivity contribution in [2.45, 2.75) is 49.7 Å². The molecule has 2 unspecified atom stereocenters. The van der Waals surface area contributed by atoms with E-state index in [2.05, 4.69) is 33.3 Å². The zero-order valence-corrected chi connectivity index (χ0v) is 21.4. The topological polar surface area (TPSA) is 92.5 Å². The van der Waals surface area contributed by atoms with Crippen molar-refractivity contribution in [3.8, 4) is 0 Å². The summed E-state index contributed by atoms with van der Waals surface area (Å²) in [4.78, 5) is 19.6. The number of aromatic nitrogens is 3. The molecule has 3 aromatic rings. The van der Waals surface area contributed by atoms with Gasteiger partial charge in [-0.2, -0.15) is 5.10 Å². The molecule has 1 aliphatic carbocycles. The second-order valence-corrected chi connectivity index (χ2v) is 11.2. The van der Waals surface area contributed by atoms with Crippen LogP contribution < -0.4 is 5.32 Å². The molecule has 36 heavy (non-hydrogen) atoms. The molecule has 2 aromatic heterocycles. The maximum absolute atomic E-state index is 12.8. The molecule has 2 saturated heterocycles. The number of fused-ring (bicyclic) bond motifs is 1. The number of aliphatic hydroxyl groups excluding tert-OH is 1. The van der Waals surface area contributed by atoms with Gasteiger partial charge in [0.15, 0.2) is 0 Å². The molecule has 1 amide bonds. The third-order valence-corrected chi connectivity index (χ3v) is 8.70. The van der Waals surface area contributed by atoms with Crippen molar-refractivity contribution in [1.82, 2.24) is 19.7 Å². The van der Waals surface area contributed by atoms with Gasteiger partial charge in [-0.15, -0.1) is 0 Å². The first-order chi connectivity index (χ1) is 17.3. The molecule has 3 fully saturated rings. The fourth-order valence-corrected chi connectivity index (χ4v) is 6.21.